The standard InChI is InChI=1S/C17H25NO/c1-2-13-6-5-7-14(11-10-13)18-16-12-19-17-9-4-3-8-15(16)17/h3-4,8-9,13-14,16,18H,2,5-7,10-12H2,1H3. The first-order valence-electron chi connectivity index (χ1n) is 7.84. The number of fused-ring (bicyclic) bond motifs is 1. The van der Waals surface area contributed by atoms with Crippen LogP contribution < -0.4 is 10.1 Å². The van der Waals surface area contributed by atoms with Crippen LogP contribution in [0.25, 0.3) is 0 Å². The van der Waals surface area contributed by atoms with Crippen molar-refractivity contribution in [2.45, 2.75) is 57.5 Å². The highest BCUT2D eigenvalue weighted by molar-refractivity contribution is 5.39. The summed E-state index contributed by atoms with van der Waals surface area (Å²) >= 11 is 0. The second-order valence-electron chi connectivity index (χ2n) is 6.05. The third-order valence-corrected chi connectivity index (χ3v) is 4.80. The van der Waals surface area contributed by atoms with Crippen molar-refractivity contribution < 1.29 is 4.74 Å². The van der Waals surface area contributed by atoms with Gasteiger partial charge < -0.3 is 10.1 Å². The average molecular weight is 259 g/mol. The van der Waals surface area contributed by atoms with Crippen LogP contribution in [0, 0.1) is 5.92 Å². The maximum absolute atomic E-state index is 5.76. The zero-order valence-electron chi connectivity index (χ0n) is 11.9. The number of hydrogen-bond acceptors (Lipinski definition) is 2. The molecule has 2 aliphatic rings. The molecule has 1 saturated carbocycles. The zero-order chi connectivity index (χ0) is 13.1. The van der Waals surface area contributed by atoms with Gasteiger partial charge in [0.15, 0.2) is 0 Å². The number of benzene rings is 1. The first-order valence-corrected chi connectivity index (χ1v) is 7.84. The smallest absolute Gasteiger partial charge is 0.124 e. The molecule has 0 spiro atoms. The second kappa shape index (κ2) is 5.96. The van der Waals surface area contributed by atoms with Crippen molar-refractivity contribution in [1.29, 1.82) is 0 Å². The van der Waals surface area contributed by atoms with Gasteiger partial charge in [0.1, 0.15) is 12.4 Å². The molecule has 1 aromatic rings. The highest BCUT2D eigenvalue weighted by Crippen LogP contribution is 2.33. The molecular weight excluding hydrogens is 234 g/mol. The highest BCUT2D eigenvalue weighted by Gasteiger charge is 2.27. The summed E-state index contributed by atoms with van der Waals surface area (Å²) < 4.78 is 5.76. The van der Waals surface area contributed by atoms with Crippen LogP contribution in [0.2, 0.25) is 0 Å². The molecule has 3 rings (SSSR count). The van der Waals surface area contributed by atoms with Crippen LogP contribution in [-0.2, 0) is 0 Å². The van der Waals surface area contributed by atoms with E-state index >= 15 is 0 Å². The minimum Gasteiger partial charge on any atom is -0.491 e. The molecule has 0 amide bonds. The van der Waals surface area contributed by atoms with Crippen LogP contribution in [0.15, 0.2) is 24.3 Å². The molecule has 2 heteroatoms. The van der Waals surface area contributed by atoms with Crippen LogP contribution in [-0.4, -0.2) is 12.6 Å². The Morgan fingerprint density at radius 1 is 1.16 bits per heavy atom. The molecule has 3 unspecified atom stereocenters. The van der Waals surface area contributed by atoms with E-state index in [-0.39, 0.29) is 0 Å². The van der Waals surface area contributed by atoms with Crippen molar-refractivity contribution in [3.8, 4) is 5.75 Å². The maximum atomic E-state index is 5.76. The predicted octanol–water partition coefficient (Wildman–Crippen LogP) is 4.07. The van der Waals surface area contributed by atoms with Gasteiger partial charge in [0.25, 0.3) is 0 Å². The van der Waals surface area contributed by atoms with Crippen molar-refractivity contribution in [3.63, 3.8) is 0 Å². The van der Waals surface area contributed by atoms with Gasteiger partial charge in [-0.05, 0) is 31.2 Å². The van der Waals surface area contributed by atoms with Gasteiger partial charge in [0.2, 0.25) is 0 Å². The van der Waals surface area contributed by atoms with Crippen LogP contribution in [0.3, 0.4) is 0 Å². The summed E-state index contributed by atoms with van der Waals surface area (Å²) in [6, 6.07) is 9.53. The third kappa shape index (κ3) is 2.94. The van der Waals surface area contributed by atoms with Gasteiger partial charge in [0, 0.05) is 11.6 Å². The number of ether oxygens (including phenoxy) is 1. The summed E-state index contributed by atoms with van der Waals surface area (Å²) in [4.78, 5) is 0. The molecule has 104 valence electrons. The fourth-order valence-corrected chi connectivity index (χ4v) is 3.54. The highest BCUT2D eigenvalue weighted by atomic mass is 16.5. The fourth-order valence-electron chi connectivity index (χ4n) is 3.54. The summed E-state index contributed by atoms with van der Waals surface area (Å²) in [6.45, 7) is 3.13. The Balaban J connectivity index is 1.60. The quantitative estimate of drug-likeness (QED) is 0.826. The van der Waals surface area contributed by atoms with E-state index in [1.165, 1.54) is 44.1 Å². The SMILES string of the molecule is CCC1CCCC(NC2COc3ccccc32)CC1. The van der Waals surface area contributed by atoms with E-state index in [1.54, 1.807) is 0 Å². The van der Waals surface area contributed by atoms with E-state index < -0.39 is 0 Å². The molecule has 1 fully saturated rings. The Labute approximate surface area is 116 Å². The lowest BCUT2D eigenvalue weighted by Crippen LogP contribution is -2.33. The maximum Gasteiger partial charge on any atom is 0.124 e. The molecule has 1 N–H and O–H groups in total. The predicted molar refractivity (Wildman–Crippen MR) is 78.5 cm³/mol. The Hall–Kier alpha value is -1.02. The van der Waals surface area contributed by atoms with Crippen molar-refractivity contribution in [2.24, 2.45) is 5.92 Å². The molecular formula is C17H25NO. The summed E-state index contributed by atoms with van der Waals surface area (Å²) in [7, 11) is 0. The minimum atomic E-state index is 0.402. The van der Waals surface area contributed by atoms with Crippen LogP contribution in [0.4, 0.5) is 0 Å². The van der Waals surface area contributed by atoms with Crippen molar-refractivity contribution in [2.75, 3.05) is 6.61 Å². The van der Waals surface area contributed by atoms with E-state index in [0.717, 1.165) is 18.3 Å². The van der Waals surface area contributed by atoms with Gasteiger partial charge in [-0.25, -0.2) is 0 Å². The number of para-hydroxylation sites is 1. The molecule has 0 bridgehead atoms. The minimum absolute atomic E-state index is 0.402. The Morgan fingerprint density at radius 2 is 2.05 bits per heavy atom. The molecule has 19 heavy (non-hydrogen) atoms. The first kappa shape index (κ1) is 13.0. The lowest BCUT2D eigenvalue weighted by Gasteiger charge is -2.21. The van der Waals surface area contributed by atoms with E-state index in [0.29, 0.717) is 12.1 Å². The van der Waals surface area contributed by atoms with E-state index in [1.807, 2.05) is 0 Å². The molecule has 1 aromatic carbocycles. The van der Waals surface area contributed by atoms with Gasteiger partial charge in [-0.15, -0.1) is 0 Å². The van der Waals surface area contributed by atoms with Gasteiger partial charge in [-0.1, -0.05) is 44.4 Å². The van der Waals surface area contributed by atoms with Crippen LogP contribution in [0.5, 0.6) is 5.75 Å². The molecule has 0 saturated heterocycles. The van der Waals surface area contributed by atoms with Gasteiger partial charge in [0.05, 0.1) is 6.04 Å². The number of nitrogens with one attached hydrogen (secondary N) is 1. The summed E-state index contributed by atoms with van der Waals surface area (Å²) in [5.74, 6) is 2.03. The molecule has 3 atom stereocenters. The van der Waals surface area contributed by atoms with E-state index in [2.05, 4.69) is 36.5 Å². The number of hydrogen-bond donors (Lipinski definition) is 1. The van der Waals surface area contributed by atoms with Gasteiger partial charge in [-0.3, -0.25) is 0 Å². The summed E-state index contributed by atoms with van der Waals surface area (Å²) in [5, 5.41) is 3.83. The summed E-state index contributed by atoms with van der Waals surface area (Å²) in [5.41, 5.74) is 1.35. The normalized spacial score (nSPS) is 30.5. The molecule has 2 nitrogen and oxygen atoms in total. The Morgan fingerprint density at radius 3 is 2.95 bits per heavy atom. The first-order chi connectivity index (χ1) is 9.36. The Kier molecular flexibility index (Phi) is 4.07. The Bertz CT molecular complexity index is 417. The van der Waals surface area contributed by atoms with Crippen molar-refractivity contribution in [3.05, 3.63) is 29.8 Å². The van der Waals surface area contributed by atoms with Gasteiger partial charge >= 0.3 is 0 Å². The monoisotopic (exact) mass is 259 g/mol. The fraction of sp³-hybridized carbons (Fsp3) is 0.647. The van der Waals surface area contributed by atoms with E-state index in [4.69, 9.17) is 4.74 Å². The molecule has 1 heterocycles. The van der Waals surface area contributed by atoms with Crippen LogP contribution >= 0.6 is 0 Å². The molecule has 1 aliphatic heterocycles. The van der Waals surface area contributed by atoms with Crippen LogP contribution in [0.1, 0.15) is 57.1 Å². The molecule has 0 aromatic heterocycles. The second-order valence-corrected chi connectivity index (χ2v) is 6.05. The lowest BCUT2D eigenvalue weighted by atomic mass is 9.97. The molecule has 0 radical (unpaired) electrons. The topological polar surface area (TPSA) is 21.3 Å². The van der Waals surface area contributed by atoms with E-state index in [9.17, 15) is 0 Å². The summed E-state index contributed by atoms with van der Waals surface area (Å²) in [6.07, 6.45) is 8.20. The zero-order valence-corrected chi connectivity index (χ0v) is 11.9. The van der Waals surface area contributed by atoms with Crippen molar-refractivity contribution >= 4 is 0 Å². The molecule has 1 aliphatic carbocycles. The van der Waals surface area contributed by atoms with Crippen molar-refractivity contribution in [1.82, 2.24) is 5.32 Å². The third-order valence-electron chi connectivity index (χ3n) is 4.80. The largest absolute Gasteiger partial charge is 0.491 e. The van der Waals surface area contributed by atoms with Gasteiger partial charge in [-0.2, -0.15) is 0 Å². The lowest BCUT2D eigenvalue weighted by molar-refractivity contribution is 0.289. The average Bonchev–Trinajstić information content (AvgIpc) is 2.71. The number of rotatable bonds is 3.